The second-order valence-corrected chi connectivity index (χ2v) is 8.99. The van der Waals surface area contributed by atoms with Crippen LogP contribution in [-0.4, -0.2) is 19.2 Å². The van der Waals surface area contributed by atoms with E-state index in [1.807, 2.05) is 6.07 Å². The third kappa shape index (κ3) is 4.19. The number of carbonyl (C=O) groups excluding carboxylic acids is 1. The van der Waals surface area contributed by atoms with Crippen molar-refractivity contribution in [3.8, 4) is 11.3 Å². The predicted molar refractivity (Wildman–Crippen MR) is 117 cm³/mol. The zero-order chi connectivity index (χ0) is 21.1. The summed E-state index contributed by atoms with van der Waals surface area (Å²) in [6.07, 6.45) is 2.78. The SMILES string of the molecule is O=C(c1ccccc1)c1cc(Br)ccc1NS(=O)(=O)c1ccc(-c2cocn2)cc1. The monoisotopic (exact) mass is 482 g/mol. The van der Waals surface area contributed by atoms with E-state index in [0.717, 1.165) is 5.56 Å². The van der Waals surface area contributed by atoms with Crippen LogP contribution in [0.1, 0.15) is 15.9 Å². The first-order valence-corrected chi connectivity index (χ1v) is 11.1. The van der Waals surface area contributed by atoms with Crippen molar-refractivity contribution >= 4 is 37.4 Å². The molecule has 0 spiro atoms. The molecular weight excluding hydrogens is 468 g/mol. The van der Waals surface area contributed by atoms with Gasteiger partial charge in [0.15, 0.2) is 12.2 Å². The lowest BCUT2D eigenvalue weighted by molar-refractivity contribution is 0.103. The minimum absolute atomic E-state index is 0.0655. The number of sulfonamides is 1. The molecule has 0 radical (unpaired) electrons. The average molecular weight is 483 g/mol. The predicted octanol–water partition coefficient (Wildman–Crippen LogP) is 5.14. The molecule has 150 valence electrons. The van der Waals surface area contributed by atoms with Crippen molar-refractivity contribution in [3.05, 3.63) is 101 Å². The number of aromatic nitrogens is 1. The van der Waals surface area contributed by atoms with Gasteiger partial charge in [-0.3, -0.25) is 9.52 Å². The van der Waals surface area contributed by atoms with Crippen LogP contribution in [0.5, 0.6) is 0 Å². The summed E-state index contributed by atoms with van der Waals surface area (Å²) in [6, 6.07) is 19.8. The van der Waals surface area contributed by atoms with Gasteiger partial charge in [-0.05, 0) is 30.3 Å². The lowest BCUT2D eigenvalue weighted by atomic mass is 10.0. The van der Waals surface area contributed by atoms with E-state index in [2.05, 4.69) is 25.6 Å². The lowest BCUT2D eigenvalue weighted by Gasteiger charge is -2.13. The molecule has 0 fully saturated rings. The van der Waals surface area contributed by atoms with Gasteiger partial charge in [0.05, 0.1) is 10.6 Å². The van der Waals surface area contributed by atoms with E-state index >= 15 is 0 Å². The first-order valence-electron chi connectivity index (χ1n) is 8.85. The van der Waals surface area contributed by atoms with Gasteiger partial charge in [-0.2, -0.15) is 0 Å². The normalized spacial score (nSPS) is 11.2. The fraction of sp³-hybridized carbons (Fsp3) is 0. The van der Waals surface area contributed by atoms with E-state index in [1.54, 1.807) is 54.6 Å². The second kappa shape index (κ2) is 8.25. The van der Waals surface area contributed by atoms with Gasteiger partial charge in [0.1, 0.15) is 12.0 Å². The maximum atomic E-state index is 12.9. The molecule has 0 aliphatic rings. The minimum atomic E-state index is -3.91. The van der Waals surface area contributed by atoms with E-state index in [-0.39, 0.29) is 21.9 Å². The van der Waals surface area contributed by atoms with Gasteiger partial charge in [0, 0.05) is 21.2 Å². The molecule has 6 nitrogen and oxygen atoms in total. The number of oxazole rings is 1. The second-order valence-electron chi connectivity index (χ2n) is 6.39. The summed E-state index contributed by atoms with van der Waals surface area (Å²) in [5, 5.41) is 0. The summed E-state index contributed by atoms with van der Waals surface area (Å²) < 4.78 is 34.0. The van der Waals surface area contributed by atoms with E-state index < -0.39 is 10.0 Å². The number of hydrogen-bond acceptors (Lipinski definition) is 5. The van der Waals surface area contributed by atoms with Crippen LogP contribution in [-0.2, 0) is 10.0 Å². The number of ketones is 1. The molecule has 1 N–H and O–H groups in total. The van der Waals surface area contributed by atoms with Crippen molar-refractivity contribution in [1.82, 2.24) is 4.98 Å². The Morgan fingerprint density at radius 1 is 0.967 bits per heavy atom. The van der Waals surface area contributed by atoms with E-state index in [4.69, 9.17) is 4.42 Å². The van der Waals surface area contributed by atoms with E-state index in [9.17, 15) is 13.2 Å². The molecule has 0 amide bonds. The Bertz CT molecular complexity index is 1290. The Balaban J connectivity index is 1.66. The Morgan fingerprint density at radius 2 is 1.70 bits per heavy atom. The maximum absolute atomic E-state index is 12.9. The summed E-state index contributed by atoms with van der Waals surface area (Å²) in [5.74, 6) is -0.281. The third-order valence-corrected chi connectivity index (χ3v) is 6.27. The smallest absolute Gasteiger partial charge is 0.261 e. The highest BCUT2D eigenvalue weighted by Gasteiger charge is 2.20. The van der Waals surface area contributed by atoms with Gasteiger partial charge in [0.25, 0.3) is 10.0 Å². The van der Waals surface area contributed by atoms with Crippen molar-refractivity contribution in [3.63, 3.8) is 0 Å². The maximum Gasteiger partial charge on any atom is 0.261 e. The molecule has 0 saturated heterocycles. The Labute approximate surface area is 181 Å². The number of anilines is 1. The molecule has 1 heterocycles. The molecule has 0 bridgehead atoms. The first kappa shape index (κ1) is 20.1. The molecule has 0 aliphatic carbocycles. The van der Waals surface area contributed by atoms with Gasteiger partial charge < -0.3 is 4.42 Å². The first-order chi connectivity index (χ1) is 14.4. The largest absolute Gasteiger partial charge is 0.451 e. The van der Waals surface area contributed by atoms with Crippen LogP contribution in [0.15, 0.2) is 99.2 Å². The quantitative estimate of drug-likeness (QED) is 0.384. The van der Waals surface area contributed by atoms with Crippen LogP contribution in [0.3, 0.4) is 0 Å². The molecule has 3 aromatic carbocycles. The number of carbonyl (C=O) groups is 1. The van der Waals surface area contributed by atoms with E-state index in [1.165, 1.54) is 24.8 Å². The van der Waals surface area contributed by atoms with Crippen molar-refractivity contribution in [2.45, 2.75) is 4.90 Å². The molecule has 0 aliphatic heterocycles. The van der Waals surface area contributed by atoms with Crippen molar-refractivity contribution in [2.75, 3.05) is 4.72 Å². The fourth-order valence-electron chi connectivity index (χ4n) is 2.90. The highest BCUT2D eigenvalue weighted by Crippen LogP contribution is 2.27. The van der Waals surface area contributed by atoms with Crippen LogP contribution in [0.2, 0.25) is 0 Å². The number of halogens is 1. The number of benzene rings is 3. The zero-order valence-electron chi connectivity index (χ0n) is 15.4. The van der Waals surface area contributed by atoms with Crippen LogP contribution in [0.25, 0.3) is 11.3 Å². The van der Waals surface area contributed by atoms with Gasteiger partial charge in [-0.1, -0.05) is 58.4 Å². The van der Waals surface area contributed by atoms with Gasteiger partial charge >= 0.3 is 0 Å². The van der Waals surface area contributed by atoms with Crippen LogP contribution in [0.4, 0.5) is 5.69 Å². The molecule has 0 unspecified atom stereocenters. The highest BCUT2D eigenvalue weighted by molar-refractivity contribution is 9.10. The van der Waals surface area contributed by atoms with Gasteiger partial charge in [-0.15, -0.1) is 0 Å². The molecule has 30 heavy (non-hydrogen) atoms. The number of nitrogens with zero attached hydrogens (tertiary/aromatic N) is 1. The van der Waals surface area contributed by atoms with Gasteiger partial charge in [0.2, 0.25) is 0 Å². The summed E-state index contributed by atoms with van der Waals surface area (Å²) in [4.78, 5) is 17.1. The topological polar surface area (TPSA) is 89.3 Å². The van der Waals surface area contributed by atoms with Crippen LogP contribution in [0, 0.1) is 0 Å². The van der Waals surface area contributed by atoms with Crippen molar-refractivity contribution in [1.29, 1.82) is 0 Å². The Morgan fingerprint density at radius 3 is 2.37 bits per heavy atom. The summed E-state index contributed by atoms with van der Waals surface area (Å²) in [7, 11) is -3.91. The Hall–Kier alpha value is -3.23. The molecule has 0 atom stereocenters. The minimum Gasteiger partial charge on any atom is -0.451 e. The number of nitrogens with one attached hydrogen (secondary N) is 1. The molecule has 8 heteroatoms. The summed E-state index contributed by atoms with van der Waals surface area (Å²) in [5.41, 5.74) is 2.25. The summed E-state index contributed by atoms with van der Waals surface area (Å²) in [6.45, 7) is 0. The van der Waals surface area contributed by atoms with E-state index in [0.29, 0.717) is 15.7 Å². The molecular formula is C22H15BrN2O4S. The number of hydrogen-bond donors (Lipinski definition) is 1. The number of rotatable bonds is 6. The molecule has 4 aromatic rings. The standard InChI is InChI=1S/C22H15BrN2O4S/c23-17-8-11-20(19(12-17)22(26)16-4-2-1-3-5-16)25-30(27,28)18-9-6-15(7-10-18)21-13-29-14-24-21/h1-14,25H. The van der Waals surface area contributed by atoms with Crippen molar-refractivity contribution < 1.29 is 17.6 Å². The van der Waals surface area contributed by atoms with Gasteiger partial charge in [-0.25, -0.2) is 13.4 Å². The zero-order valence-corrected chi connectivity index (χ0v) is 17.9. The third-order valence-electron chi connectivity index (χ3n) is 4.40. The van der Waals surface area contributed by atoms with Crippen molar-refractivity contribution in [2.24, 2.45) is 0 Å². The molecule has 4 rings (SSSR count). The molecule has 0 saturated carbocycles. The highest BCUT2D eigenvalue weighted by atomic mass is 79.9. The average Bonchev–Trinajstić information content (AvgIpc) is 3.30. The lowest BCUT2D eigenvalue weighted by Crippen LogP contribution is -2.16. The van der Waals surface area contributed by atoms with Crippen LogP contribution >= 0.6 is 15.9 Å². The fourth-order valence-corrected chi connectivity index (χ4v) is 4.34. The Kier molecular flexibility index (Phi) is 5.52. The van der Waals surface area contributed by atoms with Crippen LogP contribution < -0.4 is 4.72 Å². The summed E-state index contributed by atoms with van der Waals surface area (Å²) >= 11 is 3.35. The molecule has 1 aromatic heterocycles.